The second-order valence-corrected chi connectivity index (χ2v) is 7.73. The van der Waals surface area contributed by atoms with Gasteiger partial charge in [-0.1, -0.05) is 13.8 Å². The molecule has 0 radical (unpaired) electrons. The van der Waals surface area contributed by atoms with Crippen LogP contribution in [0.25, 0.3) is 0 Å². The summed E-state index contributed by atoms with van der Waals surface area (Å²) in [4.78, 5) is 12.8. The third-order valence-corrected chi connectivity index (χ3v) is 5.86. The lowest BCUT2D eigenvalue weighted by Gasteiger charge is -2.61. The normalized spacial score (nSPS) is 40.5. The molecule has 3 rings (SSSR count). The van der Waals surface area contributed by atoms with Gasteiger partial charge in [-0.25, -0.2) is 0 Å². The van der Waals surface area contributed by atoms with Gasteiger partial charge in [-0.3, -0.25) is 4.79 Å². The third-order valence-electron chi connectivity index (χ3n) is 5.86. The zero-order valence-electron chi connectivity index (χ0n) is 12.5. The van der Waals surface area contributed by atoms with Gasteiger partial charge in [0.15, 0.2) is 0 Å². The number of hydrogen-bond donors (Lipinski definition) is 2. The van der Waals surface area contributed by atoms with Gasteiger partial charge in [0.25, 0.3) is 0 Å². The second-order valence-electron chi connectivity index (χ2n) is 7.73. The van der Waals surface area contributed by atoms with Crippen LogP contribution in [0, 0.1) is 17.3 Å². The summed E-state index contributed by atoms with van der Waals surface area (Å²) in [5.74, 6) is 0.803. The molecule has 1 aliphatic heterocycles. The van der Waals surface area contributed by atoms with Gasteiger partial charge in [0, 0.05) is 23.5 Å². The summed E-state index contributed by atoms with van der Waals surface area (Å²) in [7, 11) is 0. The van der Waals surface area contributed by atoms with Crippen molar-refractivity contribution >= 4 is 5.91 Å². The summed E-state index contributed by atoms with van der Waals surface area (Å²) in [5.41, 5.74) is 5.35. The van der Waals surface area contributed by atoms with Crippen molar-refractivity contribution in [3.05, 3.63) is 0 Å². The van der Waals surface area contributed by atoms with E-state index in [-0.39, 0.29) is 28.9 Å². The van der Waals surface area contributed by atoms with Crippen molar-refractivity contribution in [3.8, 4) is 0 Å². The summed E-state index contributed by atoms with van der Waals surface area (Å²) < 4.78 is 5.74. The Morgan fingerprint density at radius 1 is 1.32 bits per heavy atom. The molecule has 0 aromatic carbocycles. The van der Waals surface area contributed by atoms with E-state index in [1.165, 1.54) is 12.8 Å². The van der Waals surface area contributed by atoms with E-state index in [1.807, 2.05) is 0 Å². The highest BCUT2D eigenvalue weighted by atomic mass is 16.5. The van der Waals surface area contributed by atoms with Crippen molar-refractivity contribution in [2.45, 2.75) is 64.1 Å². The number of carbonyl (C=O) groups excluding carboxylic acids is 1. The minimum atomic E-state index is -0.777. The van der Waals surface area contributed by atoms with E-state index < -0.39 is 5.54 Å². The van der Waals surface area contributed by atoms with Crippen LogP contribution in [0.4, 0.5) is 0 Å². The van der Waals surface area contributed by atoms with Crippen molar-refractivity contribution in [2.75, 3.05) is 6.61 Å². The zero-order chi connectivity index (χ0) is 14.1. The van der Waals surface area contributed by atoms with Crippen molar-refractivity contribution in [1.29, 1.82) is 0 Å². The molecule has 3 aliphatic rings. The Morgan fingerprint density at radius 3 is 2.53 bits per heavy atom. The molecule has 4 nitrogen and oxygen atoms in total. The molecule has 3 fully saturated rings. The zero-order valence-corrected chi connectivity index (χ0v) is 12.5. The molecule has 1 amide bonds. The lowest BCUT2D eigenvalue weighted by atomic mass is 9.47. The highest BCUT2D eigenvalue weighted by molar-refractivity contribution is 5.90. The number of fused-ring (bicyclic) bond motifs is 1. The van der Waals surface area contributed by atoms with Crippen molar-refractivity contribution in [3.63, 3.8) is 0 Å². The number of nitrogens with one attached hydrogen (secondary N) is 1. The van der Waals surface area contributed by atoms with Crippen LogP contribution in [0.2, 0.25) is 0 Å². The molecule has 0 bridgehead atoms. The van der Waals surface area contributed by atoms with Gasteiger partial charge >= 0.3 is 0 Å². The fourth-order valence-electron chi connectivity index (χ4n) is 4.15. The molecule has 0 aromatic heterocycles. The van der Waals surface area contributed by atoms with Gasteiger partial charge in [0.1, 0.15) is 5.54 Å². The van der Waals surface area contributed by atoms with Gasteiger partial charge in [0.2, 0.25) is 5.91 Å². The van der Waals surface area contributed by atoms with Gasteiger partial charge in [-0.05, 0) is 39.0 Å². The Labute approximate surface area is 115 Å². The van der Waals surface area contributed by atoms with E-state index in [1.54, 1.807) is 0 Å². The Morgan fingerprint density at radius 2 is 1.95 bits per heavy atom. The van der Waals surface area contributed by atoms with E-state index in [4.69, 9.17) is 10.5 Å². The van der Waals surface area contributed by atoms with E-state index in [0.29, 0.717) is 5.92 Å². The number of hydrogen-bond acceptors (Lipinski definition) is 3. The van der Waals surface area contributed by atoms with Crippen LogP contribution < -0.4 is 11.1 Å². The van der Waals surface area contributed by atoms with E-state index in [2.05, 4.69) is 33.0 Å². The summed E-state index contributed by atoms with van der Waals surface area (Å²) >= 11 is 0. The fraction of sp³-hybridized carbons (Fsp3) is 0.933. The lowest BCUT2D eigenvalue weighted by molar-refractivity contribution is -0.176. The van der Waals surface area contributed by atoms with Crippen LogP contribution in [0.15, 0.2) is 0 Å². The molecule has 0 aromatic rings. The number of carbonyl (C=O) groups is 1. The average Bonchev–Trinajstić information content (AvgIpc) is 3.06. The maximum Gasteiger partial charge on any atom is 0.241 e. The van der Waals surface area contributed by atoms with Crippen LogP contribution >= 0.6 is 0 Å². The Bertz CT molecular complexity index is 414. The molecule has 1 heterocycles. The van der Waals surface area contributed by atoms with Crippen LogP contribution in [0.1, 0.15) is 47.0 Å². The number of rotatable bonds is 3. The molecule has 0 spiro atoms. The van der Waals surface area contributed by atoms with Crippen LogP contribution in [0.3, 0.4) is 0 Å². The van der Waals surface area contributed by atoms with Crippen LogP contribution in [-0.2, 0) is 9.53 Å². The monoisotopic (exact) mass is 266 g/mol. The first-order valence-corrected chi connectivity index (χ1v) is 7.44. The SMILES string of the molecule is CC(C)(NC(=O)C1(N)C2CCOC2C1(C)C)C1CC1. The smallest absolute Gasteiger partial charge is 0.241 e. The predicted octanol–water partition coefficient (Wildman–Crippen LogP) is 1.43. The maximum absolute atomic E-state index is 12.8. The molecular weight excluding hydrogens is 240 g/mol. The minimum Gasteiger partial charge on any atom is -0.377 e. The molecule has 108 valence electrons. The van der Waals surface area contributed by atoms with Gasteiger partial charge in [-0.2, -0.15) is 0 Å². The molecule has 2 saturated carbocycles. The number of amides is 1. The molecule has 2 aliphatic carbocycles. The molecule has 3 atom stereocenters. The second kappa shape index (κ2) is 3.73. The van der Waals surface area contributed by atoms with Crippen molar-refractivity contribution in [2.24, 2.45) is 23.0 Å². The van der Waals surface area contributed by atoms with Crippen molar-refractivity contribution < 1.29 is 9.53 Å². The standard InChI is InChI=1S/C15H26N2O2/c1-13(2)11-10(7-8-19-11)15(13,16)12(18)17-14(3,4)9-5-6-9/h9-11H,5-8,16H2,1-4H3,(H,17,18). The third kappa shape index (κ3) is 1.62. The molecule has 3 unspecified atom stereocenters. The first-order valence-electron chi connectivity index (χ1n) is 7.44. The Balaban J connectivity index is 1.78. The van der Waals surface area contributed by atoms with Crippen molar-refractivity contribution in [1.82, 2.24) is 5.32 Å². The molecule has 4 heteroatoms. The number of ether oxygens (including phenoxy) is 1. The summed E-state index contributed by atoms with van der Waals surface area (Å²) in [6, 6.07) is 0. The van der Waals surface area contributed by atoms with E-state index >= 15 is 0 Å². The molecular formula is C15H26N2O2. The quantitative estimate of drug-likeness (QED) is 0.812. The topological polar surface area (TPSA) is 64.4 Å². The highest BCUT2D eigenvalue weighted by Gasteiger charge is 2.71. The summed E-state index contributed by atoms with van der Waals surface area (Å²) in [6.45, 7) is 9.07. The first-order chi connectivity index (χ1) is 8.71. The Hall–Kier alpha value is -0.610. The minimum absolute atomic E-state index is 0.0150. The fourth-order valence-corrected chi connectivity index (χ4v) is 4.15. The Kier molecular flexibility index (Phi) is 2.63. The average molecular weight is 266 g/mol. The van der Waals surface area contributed by atoms with Gasteiger partial charge in [-0.15, -0.1) is 0 Å². The van der Waals surface area contributed by atoms with Crippen LogP contribution in [0.5, 0.6) is 0 Å². The van der Waals surface area contributed by atoms with E-state index in [0.717, 1.165) is 13.0 Å². The summed E-state index contributed by atoms with van der Waals surface area (Å²) in [5, 5.41) is 3.21. The maximum atomic E-state index is 12.8. The molecule has 1 saturated heterocycles. The first kappa shape index (κ1) is 13.4. The lowest BCUT2D eigenvalue weighted by Crippen LogP contribution is -2.81. The molecule has 19 heavy (non-hydrogen) atoms. The predicted molar refractivity (Wildman–Crippen MR) is 73.5 cm³/mol. The largest absolute Gasteiger partial charge is 0.377 e. The van der Waals surface area contributed by atoms with Gasteiger partial charge < -0.3 is 15.8 Å². The highest BCUT2D eigenvalue weighted by Crippen LogP contribution is 2.58. The van der Waals surface area contributed by atoms with Gasteiger partial charge in [0.05, 0.1) is 6.10 Å². The summed E-state index contributed by atoms with van der Waals surface area (Å²) in [6.07, 6.45) is 3.47. The number of nitrogens with two attached hydrogens (primary N) is 1. The van der Waals surface area contributed by atoms with E-state index in [9.17, 15) is 4.79 Å². The van der Waals surface area contributed by atoms with Crippen LogP contribution in [-0.4, -0.2) is 29.7 Å². The molecule has 3 N–H and O–H groups in total.